The van der Waals surface area contributed by atoms with E-state index in [0.29, 0.717) is 12.1 Å². The molecule has 0 aromatic carbocycles. The van der Waals surface area contributed by atoms with Crippen molar-refractivity contribution in [2.24, 2.45) is 4.99 Å². The Morgan fingerprint density at radius 2 is 1.94 bits per heavy atom. The van der Waals surface area contributed by atoms with E-state index in [1.165, 1.54) is 77.0 Å². The molecule has 2 saturated carbocycles. The Hall–Kier alpha value is -1.85. The molecule has 0 bridgehead atoms. The largest absolute Gasteiger partial charge is 0.363 e. The predicted molar refractivity (Wildman–Crippen MR) is 133 cm³/mol. The Bertz CT molecular complexity index is 691. The molecule has 0 spiro atoms. The average Bonchev–Trinajstić information content (AvgIpc) is 3.26. The first kappa shape index (κ1) is 23.8. The monoisotopic (exact) mass is 428 g/mol. The molecule has 2 N–H and O–H groups in total. The van der Waals surface area contributed by atoms with E-state index in [4.69, 9.17) is 9.98 Å². The van der Waals surface area contributed by atoms with Crippen LogP contribution in [0.5, 0.6) is 0 Å². The normalized spacial score (nSPS) is 20.1. The zero-order valence-electron chi connectivity index (χ0n) is 20.3. The molecule has 174 valence electrons. The molecule has 31 heavy (non-hydrogen) atoms. The molecule has 6 nitrogen and oxygen atoms in total. The molecule has 2 aliphatic carbocycles. The summed E-state index contributed by atoms with van der Waals surface area (Å²) in [7, 11) is 2.11. The van der Waals surface area contributed by atoms with Gasteiger partial charge >= 0.3 is 0 Å². The second-order valence-electron chi connectivity index (χ2n) is 9.77. The van der Waals surface area contributed by atoms with Gasteiger partial charge < -0.3 is 15.5 Å². The van der Waals surface area contributed by atoms with Crippen LogP contribution in [-0.4, -0.2) is 45.9 Å². The van der Waals surface area contributed by atoms with Crippen LogP contribution in [0.3, 0.4) is 0 Å². The highest BCUT2D eigenvalue weighted by Gasteiger charge is 2.33. The SMILES string of the molecule is CCCCC(C)N(C)C=Nc1cnc(NC2CCCCC2)nc1NC1(CC)CCCC1. The molecular weight excluding hydrogens is 384 g/mol. The third-order valence-corrected chi connectivity index (χ3v) is 7.38. The lowest BCUT2D eigenvalue weighted by molar-refractivity contribution is 0.370. The minimum atomic E-state index is 0.140. The quantitative estimate of drug-likeness (QED) is 0.310. The summed E-state index contributed by atoms with van der Waals surface area (Å²) < 4.78 is 0. The zero-order chi connectivity index (χ0) is 22.1. The number of hydrogen-bond donors (Lipinski definition) is 2. The minimum Gasteiger partial charge on any atom is -0.363 e. The molecule has 0 radical (unpaired) electrons. The third kappa shape index (κ3) is 6.81. The fraction of sp³-hybridized carbons (Fsp3) is 0.800. The predicted octanol–water partition coefficient (Wildman–Crippen LogP) is 6.53. The maximum atomic E-state index is 4.93. The lowest BCUT2D eigenvalue weighted by Gasteiger charge is -2.30. The van der Waals surface area contributed by atoms with Crippen molar-refractivity contribution < 1.29 is 0 Å². The van der Waals surface area contributed by atoms with Gasteiger partial charge in [0.1, 0.15) is 5.69 Å². The maximum Gasteiger partial charge on any atom is 0.224 e. The van der Waals surface area contributed by atoms with Crippen LogP contribution in [0.2, 0.25) is 0 Å². The fourth-order valence-electron chi connectivity index (χ4n) is 4.90. The average molecular weight is 429 g/mol. The number of nitrogens with zero attached hydrogens (tertiary/aromatic N) is 4. The first-order chi connectivity index (χ1) is 15.0. The number of anilines is 2. The van der Waals surface area contributed by atoms with Crippen LogP contribution in [0.15, 0.2) is 11.2 Å². The topological polar surface area (TPSA) is 65.4 Å². The van der Waals surface area contributed by atoms with E-state index in [1.807, 2.05) is 12.5 Å². The van der Waals surface area contributed by atoms with E-state index in [1.54, 1.807) is 0 Å². The number of hydrogen-bond acceptors (Lipinski definition) is 5. The summed E-state index contributed by atoms with van der Waals surface area (Å²) >= 11 is 0. The van der Waals surface area contributed by atoms with Crippen LogP contribution in [0.1, 0.15) is 104 Å². The van der Waals surface area contributed by atoms with Crippen LogP contribution >= 0.6 is 0 Å². The van der Waals surface area contributed by atoms with Crippen LogP contribution in [0.4, 0.5) is 17.5 Å². The van der Waals surface area contributed by atoms with Gasteiger partial charge in [0.25, 0.3) is 0 Å². The van der Waals surface area contributed by atoms with Gasteiger partial charge in [0, 0.05) is 24.7 Å². The molecule has 0 amide bonds. The Labute approximate surface area is 189 Å². The van der Waals surface area contributed by atoms with Crippen molar-refractivity contribution in [2.45, 2.75) is 122 Å². The van der Waals surface area contributed by atoms with Crippen molar-refractivity contribution in [3.63, 3.8) is 0 Å². The highest BCUT2D eigenvalue weighted by atomic mass is 15.2. The van der Waals surface area contributed by atoms with Gasteiger partial charge in [-0.3, -0.25) is 0 Å². The zero-order valence-corrected chi connectivity index (χ0v) is 20.3. The smallest absolute Gasteiger partial charge is 0.224 e. The van der Waals surface area contributed by atoms with Crippen molar-refractivity contribution in [1.29, 1.82) is 0 Å². The summed E-state index contributed by atoms with van der Waals surface area (Å²) in [5.41, 5.74) is 0.976. The molecule has 1 aromatic rings. The molecule has 1 unspecified atom stereocenters. The summed E-state index contributed by atoms with van der Waals surface area (Å²) in [4.78, 5) is 16.6. The molecule has 1 heterocycles. The van der Waals surface area contributed by atoms with Crippen molar-refractivity contribution in [2.75, 3.05) is 17.7 Å². The number of nitrogens with one attached hydrogen (secondary N) is 2. The molecule has 1 atom stereocenters. The molecule has 6 heteroatoms. The van der Waals surface area contributed by atoms with Gasteiger partial charge in [-0.05, 0) is 45.4 Å². The molecule has 2 fully saturated rings. The van der Waals surface area contributed by atoms with Gasteiger partial charge in [0.2, 0.25) is 5.95 Å². The summed E-state index contributed by atoms with van der Waals surface area (Å²) in [5.74, 6) is 1.62. The second kappa shape index (κ2) is 11.7. The lowest BCUT2D eigenvalue weighted by atomic mass is 9.94. The van der Waals surface area contributed by atoms with Crippen LogP contribution in [0.25, 0.3) is 0 Å². The van der Waals surface area contributed by atoms with Crippen molar-refractivity contribution >= 4 is 23.8 Å². The third-order valence-electron chi connectivity index (χ3n) is 7.38. The molecule has 1 aromatic heterocycles. The second-order valence-corrected chi connectivity index (χ2v) is 9.77. The summed E-state index contributed by atoms with van der Waals surface area (Å²) in [6, 6.07) is 0.971. The Morgan fingerprint density at radius 3 is 2.61 bits per heavy atom. The Morgan fingerprint density at radius 1 is 1.19 bits per heavy atom. The van der Waals surface area contributed by atoms with Crippen LogP contribution in [0, 0.1) is 0 Å². The highest BCUT2D eigenvalue weighted by Crippen LogP contribution is 2.37. The molecule has 0 saturated heterocycles. The van der Waals surface area contributed by atoms with Crippen molar-refractivity contribution in [1.82, 2.24) is 14.9 Å². The van der Waals surface area contributed by atoms with Crippen LogP contribution in [-0.2, 0) is 0 Å². The molecular formula is C25H44N6. The molecule has 0 aliphatic heterocycles. The first-order valence-corrected chi connectivity index (χ1v) is 12.7. The number of rotatable bonds is 11. The van der Waals surface area contributed by atoms with Gasteiger partial charge in [0.05, 0.1) is 12.5 Å². The van der Waals surface area contributed by atoms with E-state index < -0.39 is 0 Å². The van der Waals surface area contributed by atoms with E-state index in [2.05, 4.69) is 48.3 Å². The number of unbranched alkanes of at least 4 members (excludes halogenated alkanes) is 1. The number of aromatic nitrogens is 2. The lowest BCUT2D eigenvalue weighted by Crippen LogP contribution is -2.34. The van der Waals surface area contributed by atoms with Crippen molar-refractivity contribution in [3.05, 3.63) is 6.20 Å². The summed E-state index contributed by atoms with van der Waals surface area (Å²) in [5, 5.41) is 7.40. The maximum absolute atomic E-state index is 4.93. The van der Waals surface area contributed by atoms with Gasteiger partial charge in [-0.2, -0.15) is 4.98 Å². The Kier molecular flexibility index (Phi) is 8.97. The number of aliphatic imine (C=N–C) groups is 1. The fourth-order valence-corrected chi connectivity index (χ4v) is 4.90. The Balaban J connectivity index is 1.78. The van der Waals surface area contributed by atoms with Crippen LogP contribution < -0.4 is 10.6 Å². The van der Waals surface area contributed by atoms with E-state index in [9.17, 15) is 0 Å². The van der Waals surface area contributed by atoms with Gasteiger partial charge in [-0.25, -0.2) is 9.98 Å². The highest BCUT2D eigenvalue weighted by molar-refractivity contribution is 5.69. The van der Waals surface area contributed by atoms with E-state index >= 15 is 0 Å². The van der Waals surface area contributed by atoms with E-state index in [0.717, 1.165) is 23.9 Å². The standard InChI is InChI=1S/C25H44N6/c1-5-7-13-20(3)31(4)19-27-22-18-26-24(28-21-14-9-8-10-15-21)29-23(22)30-25(6-2)16-11-12-17-25/h18-21H,5-17H2,1-4H3,(H2,26,28,29,30). The summed E-state index contributed by atoms with van der Waals surface area (Å²) in [6.07, 6.45) is 20.0. The van der Waals surface area contributed by atoms with Gasteiger partial charge in [0.15, 0.2) is 5.82 Å². The first-order valence-electron chi connectivity index (χ1n) is 12.7. The molecule has 2 aliphatic rings. The van der Waals surface area contributed by atoms with Crippen molar-refractivity contribution in [3.8, 4) is 0 Å². The minimum absolute atomic E-state index is 0.140. The van der Waals surface area contributed by atoms with Gasteiger partial charge in [-0.1, -0.05) is 58.8 Å². The van der Waals surface area contributed by atoms with E-state index in [-0.39, 0.29) is 5.54 Å². The summed E-state index contributed by atoms with van der Waals surface area (Å²) in [6.45, 7) is 6.79. The molecule has 3 rings (SSSR count). The van der Waals surface area contributed by atoms with Gasteiger partial charge in [-0.15, -0.1) is 0 Å².